The lowest BCUT2D eigenvalue weighted by molar-refractivity contribution is -0.151. The minimum absolute atomic E-state index is 0.0351. The Kier molecular flexibility index (Phi) is 18.8. The summed E-state index contributed by atoms with van der Waals surface area (Å²) in [6, 6.07) is -0.188. The van der Waals surface area contributed by atoms with Crippen LogP contribution in [0, 0.1) is 5.92 Å². The number of rotatable bonds is 4. The summed E-state index contributed by atoms with van der Waals surface area (Å²) in [6.07, 6.45) is -0.0351. The molecule has 0 amide bonds. The fourth-order valence-electron chi connectivity index (χ4n) is 1.03. The van der Waals surface area contributed by atoms with Crippen LogP contribution in [-0.4, -0.2) is 25.2 Å². The summed E-state index contributed by atoms with van der Waals surface area (Å²) >= 11 is 0. The van der Waals surface area contributed by atoms with Crippen LogP contribution in [-0.2, 0) is 9.53 Å². The van der Waals surface area contributed by atoms with Gasteiger partial charge in [0.2, 0.25) is 0 Å². The van der Waals surface area contributed by atoms with Crippen molar-refractivity contribution in [3.63, 3.8) is 0 Å². The van der Waals surface area contributed by atoms with Crippen LogP contribution in [0.3, 0.4) is 0 Å². The first-order valence-corrected chi connectivity index (χ1v) is 6.36. The first-order valence-electron chi connectivity index (χ1n) is 6.36. The first-order chi connectivity index (χ1) is 7.49. The molecule has 0 rings (SSSR count). The topological polar surface area (TPSA) is 38.3 Å². The molecule has 100 valence electrons. The molecular weight excluding hydrogens is 202 g/mol. The van der Waals surface area contributed by atoms with Gasteiger partial charge in [-0.15, -0.1) is 0 Å². The summed E-state index contributed by atoms with van der Waals surface area (Å²) in [5, 5.41) is 2.93. The minimum atomic E-state index is -0.188. The number of carbonyl (C=O) groups excluding carboxylic acids is 1. The second-order valence-electron chi connectivity index (χ2n) is 3.50. The Hall–Kier alpha value is -0.570. The Balaban J connectivity index is -0.000000376. The maximum Gasteiger partial charge on any atom is 0.323 e. The highest BCUT2D eigenvalue weighted by Crippen LogP contribution is 2.04. The molecule has 0 bridgehead atoms. The van der Waals surface area contributed by atoms with Gasteiger partial charge in [0, 0.05) is 0 Å². The third kappa shape index (κ3) is 11.5. The van der Waals surface area contributed by atoms with Crippen LogP contribution < -0.4 is 5.32 Å². The third-order valence-electron chi connectivity index (χ3n) is 1.58. The Morgan fingerprint density at radius 1 is 1.00 bits per heavy atom. The standard InChI is InChI=1S/C9H19NO2.2C2H6/c1-6(2)8(10-5)9(11)12-7(3)4;2*1-2/h6-8,10H,1-5H3;2*1-2H3/t8-;;/m0../s1. The van der Waals surface area contributed by atoms with Gasteiger partial charge in [-0.25, -0.2) is 0 Å². The molecule has 0 radical (unpaired) electrons. The normalized spacial score (nSPS) is 10.9. The van der Waals surface area contributed by atoms with Crippen LogP contribution in [0.4, 0.5) is 0 Å². The number of hydrogen-bond acceptors (Lipinski definition) is 3. The van der Waals surface area contributed by atoms with Crippen molar-refractivity contribution >= 4 is 5.97 Å². The first kappa shape index (κ1) is 20.8. The van der Waals surface area contributed by atoms with E-state index in [0.29, 0.717) is 0 Å². The molecule has 0 aliphatic heterocycles. The molecule has 0 aromatic carbocycles. The number of nitrogens with one attached hydrogen (secondary N) is 1. The zero-order valence-electron chi connectivity index (χ0n) is 12.5. The second kappa shape index (κ2) is 14.4. The molecule has 3 heteroatoms. The molecule has 0 saturated carbocycles. The molecule has 0 spiro atoms. The highest BCUT2D eigenvalue weighted by molar-refractivity contribution is 5.76. The average Bonchev–Trinajstić information content (AvgIpc) is 2.23. The van der Waals surface area contributed by atoms with Crippen LogP contribution in [0.5, 0.6) is 0 Å². The lowest BCUT2D eigenvalue weighted by Gasteiger charge is -2.19. The van der Waals surface area contributed by atoms with E-state index in [2.05, 4.69) is 5.32 Å². The van der Waals surface area contributed by atoms with Crippen molar-refractivity contribution in [2.45, 2.75) is 67.5 Å². The molecule has 0 fully saturated rings. The van der Waals surface area contributed by atoms with Gasteiger partial charge in [-0.2, -0.15) is 0 Å². The maximum atomic E-state index is 11.3. The number of ether oxygens (including phenoxy) is 1. The largest absolute Gasteiger partial charge is 0.462 e. The molecule has 0 saturated heterocycles. The van der Waals surface area contributed by atoms with Crippen LogP contribution >= 0.6 is 0 Å². The van der Waals surface area contributed by atoms with E-state index in [1.807, 2.05) is 55.4 Å². The number of esters is 1. The van der Waals surface area contributed by atoms with Crippen molar-refractivity contribution in [2.75, 3.05) is 7.05 Å². The summed E-state index contributed by atoms with van der Waals surface area (Å²) in [6.45, 7) is 15.7. The minimum Gasteiger partial charge on any atom is -0.462 e. The Morgan fingerprint density at radius 3 is 1.56 bits per heavy atom. The molecule has 1 N–H and O–H groups in total. The summed E-state index contributed by atoms with van der Waals surface area (Å²) in [5.74, 6) is 0.101. The molecule has 0 aromatic rings. The van der Waals surface area contributed by atoms with Crippen LogP contribution in [0.25, 0.3) is 0 Å². The van der Waals surface area contributed by atoms with Crippen LogP contribution in [0.15, 0.2) is 0 Å². The van der Waals surface area contributed by atoms with Gasteiger partial charge in [0.1, 0.15) is 6.04 Å². The van der Waals surface area contributed by atoms with Gasteiger partial charge in [-0.3, -0.25) is 4.79 Å². The van der Waals surface area contributed by atoms with Gasteiger partial charge in [0.05, 0.1) is 6.10 Å². The highest BCUT2D eigenvalue weighted by Gasteiger charge is 2.21. The van der Waals surface area contributed by atoms with E-state index in [-0.39, 0.29) is 24.0 Å². The molecule has 1 atom stereocenters. The van der Waals surface area contributed by atoms with E-state index in [1.165, 1.54) is 0 Å². The van der Waals surface area contributed by atoms with E-state index in [0.717, 1.165) is 0 Å². The van der Waals surface area contributed by atoms with E-state index >= 15 is 0 Å². The molecule has 0 aromatic heterocycles. The van der Waals surface area contributed by atoms with Gasteiger partial charge in [0.25, 0.3) is 0 Å². The van der Waals surface area contributed by atoms with Gasteiger partial charge in [0.15, 0.2) is 0 Å². The Morgan fingerprint density at radius 2 is 1.38 bits per heavy atom. The monoisotopic (exact) mass is 233 g/mol. The smallest absolute Gasteiger partial charge is 0.323 e. The lowest BCUT2D eigenvalue weighted by atomic mass is 10.1. The lowest BCUT2D eigenvalue weighted by Crippen LogP contribution is -2.40. The zero-order chi connectivity index (χ0) is 13.7. The number of likely N-dealkylation sites (N-methyl/N-ethyl adjacent to an activating group) is 1. The number of hydrogen-bond donors (Lipinski definition) is 1. The van der Waals surface area contributed by atoms with E-state index < -0.39 is 0 Å². The molecule has 0 aliphatic rings. The average molecular weight is 233 g/mol. The Labute approximate surface area is 102 Å². The fourth-order valence-corrected chi connectivity index (χ4v) is 1.03. The third-order valence-corrected chi connectivity index (χ3v) is 1.58. The van der Waals surface area contributed by atoms with E-state index in [4.69, 9.17) is 4.74 Å². The predicted molar refractivity (Wildman–Crippen MR) is 71.6 cm³/mol. The van der Waals surface area contributed by atoms with Crippen molar-refractivity contribution in [2.24, 2.45) is 5.92 Å². The van der Waals surface area contributed by atoms with Gasteiger partial charge in [-0.1, -0.05) is 41.5 Å². The molecule has 3 nitrogen and oxygen atoms in total. The second-order valence-corrected chi connectivity index (χ2v) is 3.50. The molecule has 16 heavy (non-hydrogen) atoms. The SMILES string of the molecule is CC.CC.CN[C@H](C(=O)OC(C)C)C(C)C. The van der Waals surface area contributed by atoms with Crippen molar-refractivity contribution < 1.29 is 9.53 Å². The van der Waals surface area contributed by atoms with Gasteiger partial charge in [-0.05, 0) is 26.8 Å². The summed E-state index contributed by atoms with van der Waals surface area (Å²) in [5.41, 5.74) is 0. The quantitative estimate of drug-likeness (QED) is 0.758. The number of carbonyl (C=O) groups is 1. The van der Waals surface area contributed by atoms with E-state index in [1.54, 1.807) is 7.05 Å². The maximum absolute atomic E-state index is 11.3. The van der Waals surface area contributed by atoms with E-state index in [9.17, 15) is 4.79 Å². The molecular formula is C13H31NO2. The summed E-state index contributed by atoms with van der Waals surface area (Å²) in [7, 11) is 1.77. The fraction of sp³-hybridized carbons (Fsp3) is 0.923. The molecule has 0 aliphatic carbocycles. The summed E-state index contributed by atoms with van der Waals surface area (Å²) in [4.78, 5) is 11.3. The summed E-state index contributed by atoms with van der Waals surface area (Å²) < 4.78 is 5.06. The van der Waals surface area contributed by atoms with Crippen molar-refractivity contribution in [3.05, 3.63) is 0 Å². The van der Waals surface area contributed by atoms with Gasteiger partial charge < -0.3 is 10.1 Å². The molecule has 0 unspecified atom stereocenters. The van der Waals surface area contributed by atoms with Crippen LogP contribution in [0.1, 0.15) is 55.4 Å². The van der Waals surface area contributed by atoms with Gasteiger partial charge >= 0.3 is 5.97 Å². The van der Waals surface area contributed by atoms with Crippen molar-refractivity contribution in [1.82, 2.24) is 5.32 Å². The molecule has 0 heterocycles. The zero-order valence-corrected chi connectivity index (χ0v) is 12.5. The Bertz CT molecular complexity index is 145. The predicted octanol–water partition coefficient (Wildman–Crippen LogP) is 3.23. The van der Waals surface area contributed by atoms with Crippen LogP contribution in [0.2, 0.25) is 0 Å². The van der Waals surface area contributed by atoms with Crippen molar-refractivity contribution in [3.8, 4) is 0 Å². The highest BCUT2D eigenvalue weighted by atomic mass is 16.5. The van der Waals surface area contributed by atoms with Crippen molar-refractivity contribution in [1.29, 1.82) is 0 Å².